The number of aryl methyl sites for hydroxylation is 1. The van der Waals surface area contributed by atoms with Gasteiger partial charge in [-0.25, -0.2) is 14.5 Å². The van der Waals surface area contributed by atoms with Crippen molar-refractivity contribution in [1.29, 1.82) is 0 Å². The van der Waals surface area contributed by atoms with E-state index in [9.17, 15) is 14.7 Å². The fraction of sp³-hybridized carbons (Fsp3) is 0.217. The van der Waals surface area contributed by atoms with E-state index in [0.29, 0.717) is 35.4 Å². The number of nitrogens with zero attached hydrogens (tertiary/aromatic N) is 4. The lowest BCUT2D eigenvalue weighted by atomic mass is 10.1. The number of unbranched alkanes of at least 4 members (excludes halogenated alkanes) is 1. The molecule has 164 valence electrons. The number of carboxylic acids is 1. The molecule has 2 heterocycles. The van der Waals surface area contributed by atoms with Gasteiger partial charge in [0.2, 0.25) is 0 Å². The first kappa shape index (κ1) is 22.2. The average Bonchev–Trinajstić information content (AvgIpc) is 3.34. The van der Waals surface area contributed by atoms with Crippen LogP contribution >= 0.6 is 27.5 Å². The highest BCUT2D eigenvalue weighted by Crippen LogP contribution is 2.37. The molecule has 4 rings (SSSR count). The topological polar surface area (TPSA) is 90.0 Å². The van der Waals surface area contributed by atoms with Gasteiger partial charge in [-0.3, -0.25) is 4.79 Å². The monoisotopic (exact) mass is 514 g/mol. The maximum absolute atomic E-state index is 11.9. The highest BCUT2D eigenvalue weighted by molar-refractivity contribution is 9.09. The van der Waals surface area contributed by atoms with E-state index in [0.717, 1.165) is 18.2 Å². The molecule has 7 nitrogen and oxygen atoms in total. The lowest BCUT2D eigenvalue weighted by molar-refractivity contribution is 0.0696. The second kappa shape index (κ2) is 9.26. The second-order valence-corrected chi connectivity index (χ2v) is 8.49. The molecule has 0 radical (unpaired) electrons. The number of halogens is 2. The van der Waals surface area contributed by atoms with Crippen molar-refractivity contribution in [1.82, 2.24) is 19.3 Å². The molecule has 2 aromatic heterocycles. The van der Waals surface area contributed by atoms with E-state index in [1.54, 1.807) is 27.4 Å². The Morgan fingerprint density at radius 2 is 1.94 bits per heavy atom. The summed E-state index contributed by atoms with van der Waals surface area (Å²) in [6, 6.07) is 14.2. The van der Waals surface area contributed by atoms with Gasteiger partial charge in [-0.2, -0.15) is 5.10 Å². The largest absolute Gasteiger partial charge is 0.478 e. The first-order valence-electron chi connectivity index (χ1n) is 10.1. The molecule has 0 saturated carbocycles. The van der Waals surface area contributed by atoms with Crippen molar-refractivity contribution in [3.05, 3.63) is 76.5 Å². The van der Waals surface area contributed by atoms with E-state index in [1.165, 1.54) is 6.07 Å². The highest BCUT2D eigenvalue weighted by Gasteiger charge is 2.28. The first-order chi connectivity index (χ1) is 15.5. The Bertz CT molecular complexity index is 1310. The van der Waals surface area contributed by atoms with E-state index < -0.39 is 10.9 Å². The Kier molecular flexibility index (Phi) is 6.43. The van der Waals surface area contributed by atoms with E-state index in [2.05, 4.69) is 27.8 Å². The van der Waals surface area contributed by atoms with Crippen LogP contribution in [0.1, 0.15) is 57.1 Å². The van der Waals surface area contributed by atoms with E-state index in [1.807, 2.05) is 24.3 Å². The third-order valence-corrected chi connectivity index (χ3v) is 6.39. The predicted octanol–water partition coefficient (Wildman–Crippen LogP) is 5.67. The number of fused-ring (bicyclic) bond motifs is 1. The molecule has 2 aromatic carbocycles. The van der Waals surface area contributed by atoms with Crippen LogP contribution in [0.5, 0.6) is 0 Å². The Morgan fingerprint density at radius 3 is 2.66 bits per heavy atom. The summed E-state index contributed by atoms with van der Waals surface area (Å²) in [6.07, 6.45) is 3.17. The number of aromatic carboxylic acids is 1. The van der Waals surface area contributed by atoms with Crippen LogP contribution in [0.15, 0.2) is 48.5 Å². The number of hydrogen-bond donors (Lipinski definition) is 1. The predicted molar refractivity (Wildman–Crippen MR) is 126 cm³/mol. The molecule has 0 saturated heterocycles. The van der Waals surface area contributed by atoms with Crippen LogP contribution in [0.4, 0.5) is 0 Å². The number of alkyl halides is 1. The standard InChI is InChI=1S/C23H20BrClN4O3/c1-2-3-12-19-26-22(25)18(13-30)28(19)21(24)20-14-8-4-6-10-16(14)27-29(20)17-11-7-5-9-15(17)23(31)32/h4-11,13,21H,2-3,12H2,1H3,(H,31,32). The van der Waals surface area contributed by atoms with Gasteiger partial charge in [0.25, 0.3) is 0 Å². The summed E-state index contributed by atoms with van der Waals surface area (Å²) in [7, 11) is 0. The summed E-state index contributed by atoms with van der Waals surface area (Å²) in [5.41, 5.74) is 2.16. The van der Waals surface area contributed by atoms with Crippen LogP contribution in [-0.4, -0.2) is 36.7 Å². The normalized spacial score (nSPS) is 12.2. The maximum atomic E-state index is 11.9. The molecule has 9 heteroatoms. The summed E-state index contributed by atoms with van der Waals surface area (Å²) < 4.78 is 3.37. The maximum Gasteiger partial charge on any atom is 0.337 e. The van der Waals surface area contributed by atoms with Gasteiger partial charge in [0.15, 0.2) is 11.4 Å². The molecule has 0 fully saturated rings. The zero-order valence-corrected chi connectivity index (χ0v) is 19.5. The number of carbonyl (C=O) groups is 2. The summed E-state index contributed by atoms with van der Waals surface area (Å²) in [5.74, 6) is -0.385. The van der Waals surface area contributed by atoms with Crippen molar-refractivity contribution in [2.45, 2.75) is 31.1 Å². The molecule has 4 aromatic rings. The number of carbonyl (C=O) groups excluding carboxylic acids is 1. The number of aldehydes is 1. The number of para-hydroxylation sites is 1. The van der Waals surface area contributed by atoms with Crippen LogP contribution in [0.2, 0.25) is 5.15 Å². The van der Waals surface area contributed by atoms with Crippen LogP contribution in [-0.2, 0) is 6.42 Å². The molecule has 0 bridgehead atoms. The van der Waals surface area contributed by atoms with Crippen molar-refractivity contribution in [3.8, 4) is 5.69 Å². The van der Waals surface area contributed by atoms with Gasteiger partial charge in [0.1, 0.15) is 16.5 Å². The van der Waals surface area contributed by atoms with Crippen molar-refractivity contribution < 1.29 is 14.7 Å². The molecule has 0 aliphatic heterocycles. The summed E-state index contributed by atoms with van der Waals surface area (Å²) >= 11 is 10.0. The smallest absolute Gasteiger partial charge is 0.337 e. The fourth-order valence-electron chi connectivity index (χ4n) is 3.76. The van der Waals surface area contributed by atoms with Crippen LogP contribution < -0.4 is 0 Å². The van der Waals surface area contributed by atoms with E-state index in [4.69, 9.17) is 16.7 Å². The number of hydrogen-bond acceptors (Lipinski definition) is 4. The van der Waals surface area contributed by atoms with Crippen molar-refractivity contribution >= 4 is 50.7 Å². The molecular weight excluding hydrogens is 496 g/mol. The van der Waals surface area contributed by atoms with E-state index in [-0.39, 0.29) is 16.4 Å². The number of benzene rings is 2. The number of imidazole rings is 1. The summed E-state index contributed by atoms with van der Waals surface area (Å²) in [4.78, 5) is 27.7. The minimum Gasteiger partial charge on any atom is -0.478 e. The van der Waals surface area contributed by atoms with Crippen molar-refractivity contribution in [2.75, 3.05) is 0 Å². The Labute approximate surface area is 197 Å². The van der Waals surface area contributed by atoms with Gasteiger partial charge >= 0.3 is 5.97 Å². The van der Waals surface area contributed by atoms with Gasteiger partial charge in [0, 0.05) is 11.8 Å². The average molecular weight is 516 g/mol. The lowest BCUT2D eigenvalue weighted by Gasteiger charge is -2.19. The highest BCUT2D eigenvalue weighted by atomic mass is 79.9. The minimum absolute atomic E-state index is 0.117. The van der Waals surface area contributed by atoms with Gasteiger partial charge in [-0.05, 0) is 24.6 Å². The number of rotatable bonds is 8. The Morgan fingerprint density at radius 1 is 1.22 bits per heavy atom. The molecule has 1 N–H and O–H groups in total. The molecule has 0 amide bonds. The molecule has 0 aliphatic rings. The van der Waals surface area contributed by atoms with E-state index >= 15 is 0 Å². The number of carboxylic acid groups (broad SMARTS) is 1. The summed E-state index contributed by atoms with van der Waals surface area (Å²) in [6.45, 7) is 2.08. The van der Waals surface area contributed by atoms with Crippen molar-refractivity contribution in [2.24, 2.45) is 0 Å². The second-order valence-electron chi connectivity index (χ2n) is 7.27. The van der Waals surface area contributed by atoms with Crippen molar-refractivity contribution in [3.63, 3.8) is 0 Å². The van der Waals surface area contributed by atoms with Crippen LogP contribution in [0.25, 0.3) is 16.6 Å². The minimum atomic E-state index is -1.06. The van der Waals surface area contributed by atoms with Crippen LogP contribution in [0, 0.1) is 0 Å². The van der Waals surface area contributed by atoms with Gasteiger partial charge < -0.3 is 9.67 Å². The van der Waals surface area contributed by atoms with Crippen LogP contribution in [0.3, 0.4) is 0 Å². The Balaban J connectivity index is 2.00. The Hall–Kier alpha value is -2.97. The number of aromatic nitrogens is 4. The first-order valence-corrected chi connectivity index (χ1v) is 11.4. The summed E-state index contributed by atoms with van der Waals surface area (Å²) in [5, 5.41) is 15.4. The molecular formula is C23H20BrClN4O3. The SMILES string of the molecule is CCCCc1nc(Cl)c(C=O)n1C(Br)c1c2ccccc2nn1-c1ccccc1C(=O)O. The molecule has 1 atom stereocenters. The zero-order chi connectivity index (χ0) is 22.8. The van der Waals surface area contributed by atoms with Gasteiger partial charge in [-0.1, -0.05) is 71.2 Å². The molecule has 0 spiro atoms. The van der Waals surface area contributed by atoms with Gasteiger partial charge in [-0.15, -0.1) is 0 Å². The molecule has 1 unspecified atom stereocenters. The molecule has 0 aliphatic carbocycles. The lowest BCUT2D eigenvalue weighted by Crippen LogP contribution is -2.17. The third-order valence-electron chi connectivity index (χ3n) is 5.27. The zero-order valence-electron chi connectivity index (χ0n) is 17.2. The quantitative estimate of drug-likeness (QED) is 0.241. The van der Waals surface area contributed by atoms with Gasteiger partial charge in [0.05, 0.1) is 22.5 Å². The third kappa shape index (κ3) is 3.84. The molecule has 32 heavy (non-hydrogen) atoms. The fourth-order valence-corrected chi connectivity index (χ4v) is 4.89.